The van der Waals surface area contributed by atoms with Crippen molar-refractivity contribution in [3.8, 4) is 5.75 Å². The Labute approximate surface area is 157 Å². The molecule has 2 aromatic carbocycles. The molecule has 1 atom stereocenters. The van der Waals surface area contributed by atoms with E-state index in [0.717, 1.165) is 16.9 Å². The van der Waals surface area contributed by atoms with Crippen LogP contribution in [0.2, 0.25) is 5.02 Å². The SMILES string of the molecule is COc1ccc(CNC(=O)C2CC(=O)N(Cc3ccc(Cl)cc3)C2)cc1. The van der Waals surface area contributed by atoms with Crippen LogP contribution >= 0.6 is 11.6 Å². The van der Waals surface area contributed by atoms with E-state index >= 15 is 0 Å². The van der Waals surface area contributed by atoms with Gasteiger partial charge in [0.25, 0.3) is 0 Å². The lowest BCUT2D eigenvalue weighted by Crippen LogP contribution is -2.32. The van der Waals surface area contributed by atoms with Crippen molar-refractivity contribution >= 4 is 23.4 Å². The number of halogens is 1. The third-order valence-corrected chi connectivity index (χ3v) is 4.75. The molecule has 1 aliphatic rings. The van der Waals surface area contributed by atoms with E-state index in [-0.39, 0.29) is 24.2 Å². The zero-order valence-corrected chi connectivity index (χ0v) is 15.3. The van der Waals surface area contributed by atoms with Crippen molar-refractivity contribution < 1.29 is 14.3 Å². The van der Waals surface area contributed by atoms with Gasteiger partial charge in [0, 0.05) is 31.1 Å². The summed E-state index contributed by atoms with van der Waals surface area (Å²) in [5, 5.41) is 3.58. The molecule has 5 nitrogen and oxygen atoms in total. The summed E-state index contributed by atoms with van der Waals surface area (Å²) in [5.74, 6) is 0.379. The Kier molecular flexibility index (Phi) is 5.78. The van der Waals surface area contributed by atoms with Crippen LogP contribution < -0.4 is 10.1 Å². The Balaban J connectivity index is 1.52. The number of ether oxygens (including phenoxy) is 1. The molecular weight excluding hydrogens is 352 g/mol. The van der Waals surface area contributed by atoms with Crippen LogP contribution in [0.4, 0.5) is 0 Å². The van der Waals surface area contributed by atoms with Crippen molar-refractivity contribution in [2.45, 2.75) is 19.5 Å². The minimum absolute atomic E-state index is 0.00421. The monoisotopic (exact) mass is 372 g/mol. The van der Waals surface area contributed by atoms with Gasteiger partial charge in [0.15, 0.2) is 0 Å². The van der Waals surface area contributed by atoms with Crippen LogP contribution in [0.25, 0.3) is 0 Å². The van der Waals surface area contributed by atoms with E-state index < -0.39 is 0 Å². The Hall–Kier alpha value is -2.53. The average molecular weight is 373 g/mol. The van der Waals surface area contributed by atoms with Gasteiger partial charge >= 0.3 is 0 Å². The van der Waals surface area contributed by atoms with E-state index in [9.17, 15) is 9.59 Å². The summed E-state index contributed by atoms with van der Waals surface area (Å²) >= 11 is 5.88. The smallest absolute Gasteiger partial charge is 0.225 e. The van der Waals surface area contributed by atoms with Crippen LogP contribution in [0, 0.1) is 5.92 Å². The number of carbonyl (C=O) groups is 2. The zero-order valence-electron chi connectivity index (χ0n) is 14.6. The fourth-order valence-electron chi connectivity index (χ4n) is 2.99. The molecule has 0 bridgehead atoms. The summed E-state index contributed by atoms with van der Waals surface area (Å²) in [7, 11) is 1.61. The van der Waals surface area contributed by atoms with Gasteiger partial charge in [-0.05, 0) is 35.4 Å². The molecule has 2 aromatic rings. The first kappa shape index (κ1) is 18.3. The third-order valence-electron chi connectivity index (χ3n) is 4.50. The number of nitrogens with zero attached hydrogens (tertiary/aromatic N) is 1. The van der Waals surface area contributed by atoms with Gasteiger partial charge in [-0.1, -0.05) is 35.9 Å². The van der Waals surface area contributed by atoms with E-state index in [4.69, 9.17) is 16.3 Å². The van der Waals surface area contributed by atoms with Crippen molar-refractivity contribution in [2.24, 2.45) is 5.92 Å². The fraction of sp³-hybridized carbons (Fsp3) is 0.300. The highest BCUT2D eigenvalue weighted by Gasteiger charge is 2.34. The van der Waals surface area contributed by atoms with E-state index in [0.29, 0.717) is 24.7 Å². The van der Waals surface area contributed by atoms with Crippen molar-refractivity contribution in [3.63, 3.8) is 0 Å². The van der Waals surface area contributed by atoms with Crippen LogP contribution in [-0.4, -0.2) is 30.4 Å². The first-order valence-electron chi connectivity index (χ1n) is 8.48. The summed E-state index contributed by atoms with van der Waals surface area (Å²) in [6, 6.07) is 14.9. The Morgan fingerprint density at radius 3 is 2.46 bits per heavy atom. The second-order valence-electron chi connectivity index (χ2n) is 6.37. The minimum Gasteiger partial charge on any atom is -0.497 e. The first-order chi connectivity index (χ1) is 12.5. The molecule has 3 rings (SSSR count). The highest BCUT2D eigenvalue weighted by molar-refractivity contribution is 6.30. The maximum Gasteiger partial charge on any atom is 0.225 e. The van der Waals surface area contributed by atoms with Crippen LogP contribution in [0.5, 0.6) is 5.75 Å². The molecule has 0 radical (unpaired) electrons. The van der Waals surface area contributed by atoms with Gasteiger partial charge in [-0.25, -0.2) is 0 Å². The number of carbonyl (C=O) groups excluding carboxylic acids is 2. The molecule has 1 heterocycles. The molecule has 136 valence electrons. The summed E-state index contributed by atoms with van der Waals surface area (Å²) in [5.41, 5.74) is 1.99. The Morgan fingerprint density at radius 2 is 1.81 bits per heavy atom. The molecule has 0 spiro atoms. The van der Waals surface area contributed by atoms with E-state index in [1.54, 1.807) is 24.1 Å². The molecule has 6 heteroatoms. The van der Waals surface area contributed by atoms with Crippen molar-refractivity contribution in [3.05, 3.63) is 64.7 Å². The van der Waals surface area contributed by atoms with Gasteiger partial charge in [0.05, 0.1) is 13.0 Å². The molecule has 2 amide bonds. The van der Waals surface area contributed by atoms with Crippen LogP contribution in [-0.2, 0) is 22.7 Å². The third kappa shape index (κ3) is 4.55. The minimum atomic E-state index is -0.312. The summed E-state index contributed by atoms with van der Waals surface area (Å²) in [6.45, 7) is 1.37. The Morgan fingerprint density at radius 1 is 1.15 bits per heavy atom. The lowest BCUT2D eigenvalue weighted by molar-refractivity contribution is -0.129. The van der Waals surface area contributed by atoms with Crippen molar-refractivity contribution in [1.82, 2.24) is 10.2 Å². The number of rotatable bonds is 6. The van der Waals surface area contributed by atoms with Gasteiger partial charge in [-0.15, -0.1) is 0 Å². The highest BCUT2D eigenvalue weighted by Crippen LogP contribution is 2.21. The quantitative estimate of drug-likeness (QED) is 0.848. The van der Waals surface area contributed by atoms with Crippen molar-refractivity contribution in [2.75, 3.05) is 13.7 Å². The molecule has 1 N–H and O–H groups in total. The van der Waals surface area contributed by atoms with Crippen molar-refractivity contribution in [1.29, 1.82) is 0 Å². The number of hydrogen-bond donors (Lipinski definition) is 1. The second kappa shape index (κ2) is 8.23. The molecule has 26 heavy (non-hydrogen) atoms. The molecule has 1 unspecified atom stereocenters. The zero-order chi connectivity index (χ0) is 18.5. The van der Waals surface area contributed by atoms with Crippen LogP contribution in [0.15, 0.2) is 48.5 Å². The molecule has 1 fully saturated rings. The molecule has 0 aromatic heterocycles. The molecular formula is C20H21ClN2O3. The van der Waals surface area contributed by atoms with E-state index in [1.807, 2.05) is 36.4 Å². The predicted molar refractivity (Wildman–Crippen MR) is 99.8 cm³/mol. The number of likely N-dealkylation sites (tertiary alicyclic amines) is 1. The molecule has 0 saturated carbocycles. The summed E-state index contributed by atoms with van der Waals surface area (Å²) < 4.78 is 5.12. The van der Waals surface area contributed by atoms with Gasteiger partial charge in [-0.3, -0.25) is 9.59 Å². The summed E-state index contributed by atoms with van der Waals surface area (Å²) in [6.07, 6.45) is 0.252. The number of nitrogens with one attached hydrogen (secondary N) is 1. The maximum absolute atomic E-state index is 12.4. The van der Waals surface area contributed by atoms with Crippen LogP contribution in [0.3, 0.4) is 0 Å². The summed E-state index contributed by atoms with van der Waals surface area (Å²) in [4.78, 5) is 26.3. The topological polar surface area (TPSA) is 58.6 Å². The molecule has 1 aliphatic heterocycles. The highest BCUT2D eigenvalue weighted by atomic mass is 35.5. The van der Waals surface area contributed by atoms with E-state index in [2.05, 4.69) is 5.32 Å². The van der Waals surface area contributed by atoms with Gasteiger partial charge in [0.2, 0.25) is 11.8 Å². The van der Waals surface area contributed by atoms with Gasteiger partial charge in [-0.2, -0.15) is 0 Å². The first-order valence-corrected chi connectivity index (χ1v) is 8.86. The number of hydrogen-bond acceptors (Lipinski definition) is 3. The van der Waals surface area contributed by atoms with Gasteiger partial charge in [0.1, 0.15) is 5.75 Å². The predicted octanol–water partition coefficient (Wildman–Crippen LogP) is 3.01. The number of benzene rings is 2. The lowest BCUT2D eigenvalue weighted by Gasteiger charge is -2.17. The van der Waals surface area contributed by atoms with E-state index in [1.165, 1.54) is 0 Å². The average Bonchev–Trinajstić information content (AvgIpc) is 3.02. The normalized spacial score (nSPS) is 16.6. The Bertz CT molecular complexity index is 775. The largest absolute Gasteiger partial charge is 0.497 e. The maximum atomic E-state index is 12.4. The number of amides is 2. The fourth-order valence-corrected chi connectivity index (χ4v) is 3.11. The second-order valence-corrected chi connectivity index (χ2v) is 6.80. The standard InChI is InChI=1S/C20H21ClN2O3/c1-26-18-8-4-14(5-9-18)11-22-20(25)16-10-19(24)23(13-16)12-15-2-6-17(21)7-3-15/h2-9,16H,10-13H2,1H3,(H,22,25). The number of methoxy groups -OCH3 is 1. The van der Waals surface area contributed by atoms with Crippen LogP contribution in [0.1, 0.15) is 17.5 Å². The molecule has 0 aliphatic carbocycles. The lowest BCUT2D eigenvalue weighted by atomic mass is 10.1. The van der Waals surface area contributed by atoms with Gasteiger partial charge < -0.3 is 15.0 Å². The molecule has 1 saturated heterocycles.